The molecule has 0 bridgehead atoms. The normalized spacial score (nSPS) is 15.6. The summed E-state index contributed by atoms with van der Waals surface area (Å²) in [6, 6.07) is 0. The van der Waals surface area contributed by atoms with Gasteiger partial charge in [-0.1, -0.05) is 11.6 Å². The molecule has 0 unspecified atom stereocenters. The Balaban J connectivity index is 2.11. The predicted molar refractivity (Wildman–Crippen MR) is 82.4 cm³/mol. The van der Waals surface area contributed by atoms with Crippen LogP contribution in [0.15, 0.2) is 0 Å². The van der Waals surface area contributed by atoms with Gasteiger partial charge in [0.05, 0.1) is 5.39 Å². The Bertz CT molecular complexity index is 628. The number of nitrogens with one attached hydrogen (secondary N) is 1. The average Bonchev–Trinajstić information content (AvgIpc) is 2.64. The third-order valence-electron chi connectivity index (χ3n) is 3.26. The summed E-state index contributed by atoms with van der Waals surface area (Å²) >= 11 is 8.16. The van der Waals surface area contributed by atoms with Crippen LogP contribution in [-0.2, 0) is 12.8 Å². The van der Waals surface area contributed by atoms with Crippen molar-refractivity contribution in [3.05, 3.63) is 15.6 Å². The molecule has 0 fully saturated rings. The van der Waals surface area contributed by atoms with Gasteiger partial charge in [-0.25, -0.2) is 9.97 Å². The molecule has 5 heteroatoms. The summed E-state index contributed by atoms with van der Waals surface area (Å²) < 4.78 is 0. The molecule has 0 aliphatic heterocycles. The molecule has 0 saturated heterocycles. The van der Waals surface area contributed by atoms with Crippen molar-refractivity contribution in [3.8, 4) is 0 Å². The first-order valence-corrected chi connectivity index (χ1v) is 7.89. The summed E-state index contributed by atoms with van der Waals surface area (Å²) in [4.78, 5) is 11.5. The molecule has 2 aromatic heterocycles. The monoisotopic (exact) mass is 295 g/mol. The molecule has 1 aliphatic carbocycles. The first-order valence-electron chi connectivity index (χ1n) is 6.70. The standard InChI is InChI=1S/C14H18ClN3S/c1-14(2,3)18-13-16-11(15)10-8-6-4-5-7-9(8)19-12(10)17-13/h4-7H2,1-3H3,(H,16,17,18). The van der Waals surface area contributed by atoms with Gasteiger partial charge in [-0.05, 0) is 52.0 Å². The second-order valence-corrected chi connectivity index (χ2v) is 7.55. The number of halogens is 1. The molecule has 1 aliphatic rings. The first kappa shape index (κ1) is 13.1. The fourth-order valence-corrected chi connectivity index (χ4v) is 4.11. The van der Waals surface area contributed by atoms with Crippen LogP contribution in [0.5, 0.6) is 0 Å². The summed E-state index contributed by atoms with van der Waals surface area (Å²) in [6.45, 7) is 6.27. The maximum Gasteiger partial charge on any atom is 0.225 e. The number of rotatable bonds is 1. The highest BCUT2D eigenvalue weighted by Gasteiger charge is 2.21. The fraction of sp³-hybridized carbons (Fsp3) is 0.571. The minimum atomic E-state index is -0.0616. The second kappa shape index (κ2) is 4.60. The zero-order valence-electron chi connectivity index (χ0n) is 11.5. The van der Waals surface area contributed by atoms with Crippen molar-refractivity contribution in [2.24, 2.45) is 0 Å². The van der Waals surface area contributed by atoms with Gasteiger partial charge in [0.15, 0.2) is 0 Å². The Morgan fingerprint density at radius 1 is 1.16 bits per heavy atom. The number of hydrogen-bond acceptors (Lipinski definition) is 4. The lowest BCUT2D eigenvalue weighted by atomic mass is 9.97. The van der Waals surface area contributed by atoms with Gasteiger partial charge in [0.25, 0.3) is 0 Å². The third-order valence-corrected chi connectivity index (χ3v) is 4.72. The molecule has 19 heavy (non-hydrogen) atoms. The number of aromatic nitrogens is 2. The summed E-state index contributed by atoms with van der Waals surface area (Å²) in [5.74, 6) is 0.628. The van der Waals surface area contributed by atoms with Gasteiger partial charge in [0.1, 0.15) is 9.98 Å². The summed E-state index contributed by atoms with van der Waals surface area (Å²) in [7, 11) is 0. The molecule has 0 spiro atoms. The van der Waals surface area contributed by atoms with E-state index in [9.17, 15) is 0 Å². The van der Waals surface area contributed by atoms with Gasteiger partial charge in [-0.15, -0.1) is 11.3 Å². The lowest BCUT2D eigenvalue weighted by molar-refractivity contribution is 0.626. The molecule has 102 valence electrons. The third kappa shape index (κ3) is 2.56. The molecule has 3 nitrogen and oxygen atoms in total. The molecule has 0 saturated carbocycles. The van der Waals surface area contributed by atoms with Crippen molar-refractivity contribution in [1.29, 1.82) is 0 Å². The maximum atomic E-state index is 6.38. The lowest BCUT2D eigenvalue weighted by Crippen LogP contribution is -2.27. The van der Waals surface area contributed by atoms with Crippen molar-refractivity contribution >= 4 is 39.1 Å². The molecule has 0 atom stereocenters. The summed E-state index contributed by atoms with van der Waals surface area (Å²) in [5.41, 5.74) is 1.33. The second-order valence-electron chi connectivity index (χ2n) is 6.10. The Morgan fingerprint density at radius 3 is 2.63 bits per heavy atom. The Kier molecular flexibility index (Phi) is 3.18. The largest absolute Gasteiger partial charge is 0.350 e. The molecule has 0 amide bonds. The van der Waals surface area contributed by atoms with Crippen LogP contribution in [-0.4, -0.2) is 15.5 Å². The average molecular weight is 296 g/mol. The van der Waals surface area contributed by atoms with Crippen LogP contribution in [0.3, 0.4) is 0 Å². The van der Waals surface area contributed by atoms with E-state index in [0.717, 1.165) is 23.1 Å². The van der Waals surface area contributed by atoms with E-state index in [-0.39, 0.29) is 5.54 Å². The van der Waals surface area contributed by atoms with Crippen molar-refractivity contribution in [2.45, 2.75) is 52.0 Å². The number of fused-ring (bicyclic) bond motifs is 3. The van der Waals surface area contributed by atoms with Crippen LogP contribution >= 0.6 is 22.9 Å². The van der Waals surface area contributed by atoms with Gasteiger partial charge in [-0.2, -0.15) is 0 Å². The highest BCUT2D eigenvalue weighted by Crippen LogP contribution is 2.38. The Morgan fingerprint density at radius 2 is 1.89 bits per heavy atom. The molecule has 2 aromatic rings. The van der Waals surface area contributed by atoms with Crippen LogP contribution in [0.25, 0.3) is 10.2 Å². The van der Waals surface area contributed by atoms with E-state index in [1.54, 1.807) is 11.3 Å². The van der Waals surface area contributed by atoms with E-state index in [0.29, 0.717) is 11.1 Å². The van der Waals surface area contributed by atoms with Gasteiger partial charge in [-0.3, -0.25) is 0 Å². The van der Waals surface area contributed by atoms with Crippen LogP contribution < -0.4 is 5.32 Å². The van der Waals surface area contributed by atoms with Gasteiger partial charge in [0.2, 0.25) is 5.95 Å². The van der Waals surface area contributed by atoms with Crippen LogP contribution in [0, 0.1) is 0 Å². The minimum Gasteiger partial charge on any atom is -0.350 e. The van der Waals surface area contributed by atoms with E-state index < -0.39 is 0 Å². The highest BCUT2D eigenvalue weighted by molar-refractivity contribution is 7.19. The number of anilines is 1. The molecular formula is C14H18ClN3S. The zero-order chi connectivity index (χ0) is 13.6. The Labute approximate surface area is 122 Å². The zero-order valence-corrected chi connectivity index (χ0v) is 13.1. The van der Waals surface area contributed by atoms with E-state index in [4.69, 9.17) is 11.6 Å². The SMILES string of the molecule is CC(C)(C)Nc1nc(Cl)c2c3c(sc2n1)CCCC3. The number of thiophene rings is 1. The van der Waals surface area contributed by atoms with Gasteiger partial charge in [0, 0.05) is 10.4 Å². The molecule has 0 aromatic carbocycles. The number of nitrogens with zero attached hydrogens (tertiary/aromatic N) is 2. The maximum absolute atomic E-state index is 6.38. The topological polar surface area (TPSA) is 37.8 Å². The first-order chi connectivity index (χ1) is 8.94. The van der Waals surface area contributed by atoms with Crippen molar-refractivity contribution in [2.75, 3.05) is 5.32 Å². The highest BCUT2D eigenvalue weighted by atomic mass is 35.5. The van der Waals surface area contributed by atoms with Crippen LogP contribution in [0.1, 0.15) is 44.1 Å². The van der Waals surface area contributed by atoms with E-state index in [1.165, 1.54) is 23.3 Å². The lowest BCUT2D eigenvalue weighted by Gasteiger charge is -2.20. The summed E-state index contributed by atoms with van der Waals surface area (Å²) in [5, 5.41) is 4.97. The van der Waals surface area contributed by atoms with E-state index >= 15 is 0 Å². The van der Waals surface area contributed by atoms with Gasteiger partial charge < -0.3 is 5.32 Å². The van der Waals surface area contributed by atoms with Gasteiger partial charge >= 0.3 is 0 Å². The molecular weight excluding hydrogens is 278 g/mol. The van der Waals surface area contributed by atoms with Crippen LogP contribution in [0.4, 0.5) is 5.95 Å². The van der Waals surface area contributed by atoms with E-state index in [1.807, 2.05) is 0 Å². The number of hydrogen-bond donors (Lipinski definition) is 1. The minimum absolute atomic E-state index is 0.0616. The van der Waals surface area contributed by atoms with Crippen molar-refractivity contribution in [3.63, 3.8) is 0 Å². The van der Waals surface area contributed by atoms with Crippen LogP contribution in [0.2, 0.25) is 5.15 Å². The van der Waals surface area contributed by atoms with Crippen molar-refractivity contribution < 1.29 is 0 Å². The van der Waals surface area contributed by atoms with E-state index in [2.05, 4.69) is 36.1 Å². The summed E-state index contributed by atoms with van der Waals surface area (Å²) in [6.07, 6.45) is 4.80. The predicted octanol–water partition coefficient (Wildman–Crippen LogP) is 4.43. The van der Waals surface area contributed by atoms with Crippen molar-refractivity contribution in [1.82, 2.24) is 9.97 Å². The smallest absolute Gasteiger partial charge is 0.225 e. The fourth-order valence-electron chi connectivity index (χ4n) is 2.50. The Hall–Kier alpha value is -0.870. The molecule has 1 N–H and O–H groups in total. The number of aryl methyl sites for hydroxylation is 2. The quantitative estimate of drug-likeness (QED) is 0.791. The molecule has 2 heterocycles. The molecule has 0 radical (unpaired) electrons. The molecule has 3 rings (SSSR count).